The topological polar surface area (TPSA) is 80.5 Å². The third-order valence-electron chi connectivity index (χ3n) is 6.42. The van der Waals surface area contributed by atoms with Gasteiger partial charge in [0, 0.05) is 6.07 Å². The van der Waals surface area contributed by atoms with Crippen LogP contribution < -0.4 is 4.90 Å². The summed E-state index contributed by atoms with van der Waals surface area (Å²) in [5.74, 6) is -0.955. The average molecular weight is 324 g/mol. The first kappa shape index (κ1) is 13.9. The van der Waals surface area contributed by atoms with Crippen molar-refractivity contribution in [2.75, 3.05) is 4.90 Å². The molecule has 3 fully saturated rings. The normalized spacial score (nSPS) is 34.3. The minimum absolute atomic E-state index is 0.110. The SMILES string of the molecule is Cc1ccc(N2C(=O)[C@@H]3[C@H](C2=O)[C@@H]2C=C[C@H]3C23CC3)c([N+](=O)[O-])c1. The molecule has 122 valence electrons. The van der Waals surface area contributed by atoms with Gasteiger partial charge in [-0.25, -0.2) is 4.90 Å². The van der Waals surface area contributed by atoms with E-state index in [4.69, 9.17) is 0 Å². The fourth-order valence-corrected chi connectivity index (χ4v) is 5.28. The van der Waals surface area contributed by atoms with Gasteiger partial charge in [-0.05, 0) is 48.6 Å². The van der Waals surface area contributed by atoms with Gasteiger partial charge in [0.05, 0.1) is 16.8 Å². The number of carbonyl (C=O) groups is 2. The van der Waals surface area contributed by atoms with Crippen LogP contribution in [-0.4, -0.2) is 16.7 Å². The van der Waals surface area contributed by atoms with Crippen LogP contribution in [0.3, 0.4) is 0 Å². The second-order valence-corrected chi connectivity index (χ2v) is 7.48. The number of carbonyl (C=O) groups excluding carboxylic acids is 2. The van der Waals surface area contributed by atoms with Crippen molar-refractivity contribution in [1.29, 1.82) is 0 Å². The number of hydrogen-bond donors (Lipinski definition) is 0. The lowest BCUT2D eigenvalue weighted by Crippen LogP contribution is -2.35. The quantitative estimate of drug-likeness (QED) is 0.362. The van der Waals surface area contributed by atoms with Gasteiger partial charge in [0.15, 0.2) is 0 Å². The van der Waals surface area contributed by atoms with Crippen LogP contribution in [0.2, 0.25) is 0 Å². The molecule has 4 atom stereocenters. The van der Waals surface area contributed by atoms with Crippen LogP contribution in [0.25, 0.3) is 0 Å². The first-order valence-corrected chi connectivity index (χ1v) is 8.27. The van der Waals surface area contributed by atoms with Gasteiger partial charge < -0.3 is 0 Å². The van der Waals surface area contributed by atoms with Gasteiger partial charge in [-0.15, -0.1) is 0 Å². The molecule has 1 aromatic carbocycles. The Morgan fingerprint density at radius 1 is 1.12 bits per heavy atom. The second-order valence-electron chi connectivity index (χ2n) is 7.48. The Morgan fingerprint density at radius 2 is 1.71 bits per heavy atom. The molecule has 1 saturated heterocycles. The predicted octanol–water partition coefficient (Wildman–Crippen LogP) is 2.60. The highest BCUT2D eigenvalue weighted by atomic mass is 16.6. The average Bonchev–Trinajstić information content (AvgIpc) is 3.14. The summed E-state index contributed by atoms with van der Waals surface area (Å²) in [6, 6.07) is 4.64. The second kappa shape index (κ2) is 4.12. The molecule has 6 nitrogen and oxygen atoms in total. The molecule has 1 aromatic rings. The summed E-state index contributed by atoms with van der Waals surface area (Å²) in [4.78, 5) is 38.0. The lowest BCUT2D eigenvalue weighted by molar-refractivity contribution is -0.384. The summed E-state index contributed by atoms with van der Waals surface area (Å²) in [6.45, 7) is 1.75. The van der Waals surface area contributed by atoms with Crippen LogP contribution in [0, 0.1) is 46.1 Å². The molecule has 5 rings (SSSR count). The molecule has 0 unspecified atom stereocenters. The Labute approximate surface area is 138 Å². The molecular formula is C18H16N2O4. The van der Waals surface area contributed by atoms with Gasteiger partial charge in [-0.1, -0.05) is 18.2 Å². The van der Waals surface area contributed by atoms with Gasteiger partial charge in [-0.2, -0.15) is 0 Å². The maximum Gasteiger partial charge on any atom is 0.293 e. The van der Waals surface area contributed by atoms with Gasteiger partial charge in [0.25, 0.3) is 5.69 Å². The fraction of sp³-hybridized carbons (Fsp3) is 0.444. The number of imide groups is 1. The number of rotatable bonds is 2. The van der Waals surface area contributed by atoms with Crippen molar-refractivity contribution in [2.24, 2.45) is 29.1 Å². The van der Waals surface area contributed by atoms with Gasteiger partial charge in [0.2, 0.25) is 11.8 Å². The molecular weight excluding hydrogens is 308 g/mol. The minimum atomic E-state index is -0.522. The van der Waals surface area contributed by atoms with Crippen molar-refractivity contribution in [1.82, 2.24) is 0 Å². The van der Waals surface area contributed by atoms with E-state index < -0.39 is 4.92 Å². The molecule has 0 N–H and O–H groups in total. The number of fused-ring (bicyclic) bond motifs is 3. The van der Waals surface area contributed by atoms with E-state index in [0.29, 0.717) is 0 Å². The number of hydrogen-bond acceptors (Lipinski definition) is 4. The number of amides is 2. The van der Waals surface area contributed by atoms with Crippen LogP contribution in [0.15, 0.2) is 30.4 Å². The summed E-state index contributed by atoms with van der Waals surface area (Å²) < 4.78 is 0. The van der Waals surface area contributed by atoms with Crippen LogP contribution in [-0.2, 0) is 9.59 Å². The van der Waals surface area contributed by atoms with Crippen LogP contribution in [0.1, 0.15) is 18.4 Å². The van der Waals surface area contributed by atoms with Crippen LogP contribution >= 0.6 is 0 Å². The molecule has 0 radical (unpaired) electrons. The van der Waals surface area contributed by atoms with E-state index in [1.807, 2.05) is 0 Å². The first-order valence-electron chi connectivity index (χ1n) is 8.27. The van der Waals surface area contributed by atoms with Crippen LogP contribution in [0.4, 0.5) is 11.4 Å². The van der Waals surface area contributed by atoms with Crippen LogP contribution in [0.5, 0.6) is 0 Å². The van der Waals surface area contributed by atoms with E-state index in [1.54, 1.807) is 13.0 Å². The maximum absolute atomic E-state index is 13.0. The molecule has 2 saturated carbocycles. The zero-order valence-electron chi connectivity index (χ0n) is 13.1. The largest absolute Gasteiger partial charge is 0.293 e. The molecule has 1 aliphatic heterocycles. The standard InChI is InChI=1S/C18H16N2O4/c1-9-2-5-12(13(8-9)20(23)24)19-16(21)14-10-3-4-11(15(14)17(19)22)18(10)6-7-18/h2-5,8,10-11,14-15H,6-7H2,1H3/t10-,11+,14+,15-. The highest BCUT2D eigenvalue weighted by molar-refractivity contribution is 6.24. The highest BCUT2D eigenvalue weighted by Gasteiger charge is 2.73. The number of nitro groups is 1. The minimum Gasteiger partial charge on any atom is -0.274 e. The monoisotopic (exact) mass is 324 g/mol. The molecule has 6 heteroatoms. The Kier molecular flexibility index (Phi) is 2.39. The number of nitro benzene ring substituents is 1. The molecule has 2 bridgehead atoms. The Bertz CT molecular complexity index is 821. The molecule has 1 spiro atoms. The number of benzene rings is 1. The summed E-state index contributed by atoms with van der Waals surface area (Å²) >= 11 is 0. The first-order chi connectivity index (χ1) is 11.5. The zero-order chi connectivity index (χ0) is 16.8. The van der Waals surface area contributed by atoms with Crippen molar-refractivity contribution in [2.45, 2.75) is 19.8 Å². The predicted molar refractivity (Wildman–Crippen MR) is 85.1 cm³/mol. The number of anilines is 1. The van der Waals surface area contributed by atoms with Crippen molar-refractivity contribution < 1.29 is 14.5 Å². The van der Waals surface area contributed by atoms with E-state index in [1.165, 1.54) is 12.1 Å². The van der Waals surface area contributed by atoms with E-state index >= 15 is 0 Å². The summed E-state index contributed by atoms with van der Waals surface area (Å²) in [5, 5.41) is 11.4. The number of allylic oxidation sites excluding steroid dienone is 2. The molecule has 4 aliphatic rings. The van der Waals surface area contributed by atoms with Gasteiger partial charge in [-0.3, -0.25) is 19.7 Å². The van der Waals surface area contributed by atoms with Gasteiger partial charge >= 0.3 is 0 Å². The number of aryl methyl sites for hydroxylation is 1. The molecule has 0 aromatic heterocycles. The number of nitrogens with zero attached hydrogens (tertiary/aromatic N) is 2. The molecule has 24 heavy (non-hydrogen) atoms. The molecule has 1 heterocycles. The van der Waals surface area contributed by atoms with E-state index in [0.717, 1.165) is 23.3 Å². The van der Waals surface area contributed by atoms with E-state index in [9.17, 15) is 19.7 Å². The Morgan fingerprint density at radius 3 is 2.21 bits per heavy atom. The molecule has 3 aliphatic carbocycles. The van der Waals surface area contributed by atoms with Crippen molar-refractivity contribution >= 4 is 23.2 Å². The summed E-state index contributed by atoms with van der Waals surface area (Å²) in [5.41, 5.74) is 0.784. The van der Waals surface area contributed by atoms with Crippen molar-refractivity contribution in [3.05, 3.63) is 46.0 Å². The maximum atomic E-state index is 13.0. The third kappa shape index (κ3) is 1.42. The van der Waals surface area contributed by atoms with Gasteiger partial charge in [0.1, 0.15) is 5.69 Å². The zero-order valence-corrected chi connectivity index (χ0v) is 13.1. The van der Waals surface area contributed by atoms with E-state index in [2.05, 4.69) is 12.2 Å². The molecule has 2 amide bonds. The van der Waals surface area contributed by atoms with E-state index in [-0.39, 0.29) is 52.3 Å². The fourth-order valence-electron chi connectivity index (χ4n) is 5.28. The summed E-state index contributed by atoms with van der Waals surface area (Å²) in [6.07, 6.45) is 6.34. The smallest absolute Gasteiger partial charge is 0.274 e. The Balaban J connectivity index is 1.60. The Hall–Kier alpha value is -2.50. The van der Waals surface area contributed by atoms with Crippen molar-refractivity contribution in [3.8, 4) is 0 Å². The third-order valence-corrected chi connectivity index (χ3v) is 6.42. The lowest BCUT2D eigenvalue weighted by atomic mass is 9.85. The highest BCUT2D eigenvalue weighted by Crippen LogP contribution is 2.73. The van der Waals surface area contributed by atoms with Crippen molar-refractivity contribution in [3.63, 3.8) is 0 Å². The lowest BCUT2D eigenvalue weighted by Gasteiger charge is -2.21. The summed E-state index contributed by atoms with van der Waals surface area (Å²) in [7, 11) is 0.